The van der Waals surface area contributed by atoms with Gasteiger partial charge >= 0.3 is 6.09 Å². The molecule has 1 spiro atoms. The van der Waals surface area contributed by atoms with Gasteiger partial charge in [0.1, 0.15) is 5.60 Å². The molecule has 1 amide bonds. The molecule has 3 rings (SSSR count). The summed E-state index contributed by atoms with van der Waals surface area (Å²) in [6, 6.07) is 7.55. The quantitative estimate of drug-likeness (QED) is 0.655. The molecule has 1 aromatic carbocycles. The van der Waals surface area contributed by atoms with Crippen molar-refractivity contribution in [3.8, 4) is 6.07 Å². The Labute approximate surface area is 171 Å². The number of amides is 1. The molecule has 158 valence electrons. The summed E-state index contributed by atoms with van der Waals surface area (Å²) < 4.78 is 32.7. The van der Waals surface area contributed by atoms with Crippen LogP contribution >= 0.6 is 0 Å². The van der Waals surface area contributed by atoms with E-state index >= 15 is 0 Å². The van der Waals surface area contributed by atoms with E-state index in [0.717, 1.165) is 24.1 Å². The Balaban J connectivity index is 0.000000221. The molecule has 1 heterocycles. The summed E-state index contributed by atoms with van der Waals surface area (Å²) in [7, 11) is 0. The summed E-state index contributed by atoms with van der Waals surface area (Å²) in [5.74, 6) is -3.25. The second kappa shape index (κ2) is 9.82. The van der Waals surface area contributed by atoms with Crippen molar-refractivity contribution in [3.05, 3.63) is 29.3 Å². The number of aliphatic imine (C=N–C) groups is 1. The minimum absolute atomic E-state index is 0.170. The molecule has 2 atom stereocenters. The number of nitrogens with one attached hydrogen (secondary N) is 1. The normalized spacial score (nSPS) is 25.1. The summed E-state index contributed by atoms with van der Waals surface area (Å²) in [6.45, 7) is 6.19. The zero-order chi connectivity index (χ0) is 21.5. The number of benzene rings is 1. The lowest BCUT2D eigenvalue weighted by Gasteiger charge is -2.40. The Kier molecular flexibility index (Phi) is 7.72. The fourth-order valence-electron chi connectivity index (χ4n) is 3.83. The van der Waals surface area contributed by atoms with E-state index in [0.29, 0.717) is 24.9 Å². The fraction of sp³-hybridized carbons (Fsp3) is 0.591. The molecule has 1 saturated heterocycles. The number of nitrogens with zero attached hydrogens (tertiary/aromatic N) is 2. The van der Waals surface area contributed by atoms with Gasteiger partial charge in [0, 0.05) is 18.6 Å². The minimum Gasteiger partial charge on any atom is -0.441 e. The fourth-order valence-corrected chi connectivity index (χ4v) is 3.83. The van der Waals surface area contributed by atoms with Crippen LogP contribution in [0.1, 0.15) is 63.5 Å². The van der Waals surface area contributed by atoms with Crippen LogP contribution in [0.15, 0.2) is 23.2 Å². The van der Waals surface area contributed by atoms with Crippen molar-refractivity contribution in [2.75, 3.05) is 6.54 Å². The maximum atomic E-state index is 13.8. The number of nitriles is 1. The van der Waals surface area contributed by atoms with Gasteiger partial charge in [0.25, 0.3) is 5.92 Å². The van der Waals surface area contributed by atoms with Gasteiger partial charge in [0.2, 0.25) is 0 Å². The van der Waals surface area contributed by atoms with Gasteiger partial charge in [0.05, 0.1) is 23.9 Å². The zero-order valence-electron chi connectivity index (χ0n) is 17.3. The van der Waals surface area contributed by atoms with Crippen molar-refractivity contribution in [2.24, 2.45) is 10.9 Å². The number of hydrogen-bond acceptors (Lipinski definition) is 4. The number of alkyl carbamates (subject to hydrolysis) is 1. The number of rotatable bonds is 4. The van der Waals surface area contributed by atoms with Crippen LogP contribution in [0.5, 0.6) is 0 Å². The average molecular weight is 405 g/mol. The predicted molar refractivity (Wildman–Crippen MR) is 109 cm³/mol. The Morgan fingerprint density at radius 2 is 2.17 bits per heavy atom. The van der Waals surface area contributed by atoms with Crippen LogP contribution in [0.3, 0.4) is 0 Å². The highest BCUT2D eigenvalue weighted by molar-refractivity contribution is 5.70. The molecule has 0 bridgehead atoms. The molecule has 29 heavy (non-hydrogen) atoms. The van der Waals surface area contributed by atoms with Gasteiger partial charge in [-0.25, -0.2) is 13.6 Å². The predicted octanol–water partition coefficient (Wildman–Crippen LogP) is 5.68. The molecule has 5 nitrogen and oxygen atoms in total. The van der Waals surface area contributed by atoms with E-state index in [2.05, 4.69) is 16.4 Å². The van der Waals surface area contributed by atoms with Crippen molar-refractivity contribution < 1.29 is 18.3 Å². The Hall–Kier alpha value is -2.49. The minimum atomic E-state index is -2.60. The first-order chi connectivity index (χ1) is 13.7. The SMILES string of the molecule is CC=Nc1ccc(C#N)cc1C.CCCCC1CC2(CCC1(F)F)CNC(=O)O2. The molecule has 1 aliphatic heterocycles. The summed E-state index contributed by atoms with van der Waals surface area (Å²) in [5.41, 5.74) is 1.98. The maximum Gasteiger partial charge on any atom is 0.407 e. The number of carbonyl (C=O) groups excluding carboxylic acids is 1. The van der Waals surface area contributed by atoms with E-state index in [-0.39, 0.29) is 12.8 Å². The molecular formula is C22H29F2N3O2. The van der Waals surface area contributed by atoms with E-state index in [1.165, 1.54) is 0 Å². The van der Waals surface area contributed by atoms with Gasteiger partial charge in [-0.15, -0.1) is 0 Å². The topological polar surface area (TPSA) is 74.5 Å². The zero-order valence-corrected chi connectivity index (χ0v) is 17.3. The number of ether oxygens (including phenoxy) is 1. The molecule has 2 aliphatic rings. The van der Waals surface area contributed by atoms with Crippen LogP contribution in [0.4, 0.5) is 19.3 Å². The number of aryl methyl sites for hydroxylation is 1. The summed E-state index contributed by atoms with van der Waals surface area (Å²) in [4.78, 5) is 15.2. The molecule has 1 N–H and O–H groups in total. The highest BCUT2D eigenvalue weighted by Crippen LogP contribution is 2.47. The van der Waals surface area contributed by atoms with Gasteiger partial charge in [-0.2, -0.15) is 5.26 Å². The van der Waals surface area contributed by atoms with Crippen LogP contribution in [0.2, 0.25) is 0 Å². The first-order valence-corrected chi connectivity index (χ1v) is 10.1. The van der Waals surface area contributed by atoms with Gasteiger partial charge in [0.15, 0.2) is 0 Å². The smallest absolute Gasteiger partial charge is 0.407 e. The second-order valence-corrected chi connectivity index (χ2v) is 7.73. The third-order valence-electron chi connectivity index (χ3n) is 5.49. The van der Waals surface area contributed by atoms with Crippen molar-refractivity contribution in [2.45, 2.75) is 70.8 Å². The van der Waals surface area contributed by atoms with Crippen molar-refractivity contribution in [1.29, 1.82) is 5.26 Å². The summed E-state index contributed by atoms with van der Waals surface area (Å²) in [6.07, 6.45) is 3.90. The summed E-state index contributed by atoms with van der Waals surface area (Å²) >= 11 is 0. The van der Waals surface area contributed by atoms with Gasteiger partial charge in [-0.05, 0) is 56.9 Å². The molecule has 1 aromatic rings. The molecule has 2 unspecified atom stereocenters. The lowest BCUT2D eigenvalue weighted by Crippen LogP contribution is -2.47. The van der Waals surface area contributed by atoms with Crippen LogP contribution < -0.4 is 5.32 Å². The number of alkyl halides is 2. The monoisotopic (exact) mass is 405 g/mol. The number of hydrogen-bond donors (Lipinski definition) is 1. The molecule has 1 aliphatic carbocycles. The van der Waals surface area contributed by atoms with Gasteiger partial charge in [-0.3, -0.25) is 4.99 Å². The van der Waals surface area contributed by atoms with Crippen LogP contribution in [-0.4, -0.2) is 30.4 Å². The van der Waals surface area contributed by atoms with Crippen molar-refractivity contribution in [3.63, 3.8) is 0 Å². The first kappa shape index (κ1) is 22.8. The maximum absolute atomic E-state index is 13.8. The highest BCUT2D eigenvalue weighted by Gasteiger charge is 2.53. The Morgan fingerprint density at radius 1 is 1.41 bits per heavy atom. The first-order valence-electron chi connectivity index (χ1n) is 10.1. The Morgan fingerprint density at radius 3 is 2.72 bits per heavy atom. The van der Waals surface area contributed by atoms with E-state index < -0.39 is 23.5 Å². The lowest BCUT2D eigenvalue weighted by atomic mass is 9.74. The van der Waals surface area contributed by atoms with E-state index in [4.69, 9.17) is 10.00 Å². The molecule has 2 fully saturated rings. The second-order valence-electron chi connectivity index (χ2n) is 7.73. The molecule has 0 aromatic heterocycles. The molecule has 0 radical (unpaired) electrons. The lowest BCUT2D eigenvalue weighted by molar-refractivity contribution is -0.137. The van der Waals surface area contributed by atoms with Crippen LogP contribution in [0, 0.1) is 24.2 Å². The van der Waals surface area contributed by atoms with Crippen molar-refractivity contribution in [1.82, 2.24) is 5.32 Å². The van der Waals surface area contributed by atoms with Gasteiger partial charge in [-0.1, -0.05) is 19.8 Å². The molecule has 7 heteroatoms. The van der Waals surface area contributed by atoms with Gasteiger partial charge < -0.3 is 10.1 Å². The number of carbonyl (C=O) groups is 1. The average Bonchev–Trinajstić information content (AvgIpc) is 3.05. The Bertz CT molecular complexity index is 789. The third kappa shape index (κ3) is 5.99. The van der Waals surface area contributed by atoms with Crippen LogP contribution in [0.25, 0.3) is 0 Å². The summed E-state index contributed by atoms with van der Waals surface area (Å²) in [5, 5.41) is 11.2. The van der Waals surface area contributed by atoms with E-state index in [9.17, 15) is 13.6 Å². The highest BCUT2D eigenvalue weighted by atomic mass is 19.3. The van der Waals surface area contributed by atoms with E-state index in [1.807, 2.05) is 32.9 Å². The largest absolute Gasteiger partial charge is 0.441 e. The van der Waals surface area contributed by atoms with Crippen molar-refractivity contribution >= 4 is 18.0 Å². The third-order valence-corrected chi connectivity index (χ3v) is 5.49. The number of halogens is 2. The van der Waals surface area contributed by atoms with E-state index in [1.54, 1.807) is 12.3 Å². The molecule has 1 saturated carbocycles. The number of unbranched alkanes of at least 4 members (excludes halogenated alkanes) is 1. The van der Waals surface area contributed by atoms with Crippen LogP contribution in [-0.2, 0) is 4.74 Å². The molecular weight excluding hydrogens is 376 g/mol. The standard InChI is InChI=1S/C12H19F2NO2.C10H10N2/c1-2-3-4-9-7-11(5-6-12(9,13)14)8-15-10(16)17-11;1-3-12-10-5-4-9(7-11)6-8(10)2/h9H,2-8H2,1H3,(H,15,16);3-6H,1-2H3.